The lowest BCUT2D eigenvalue weighted by atomic mass is 10.2. The lowest BCUT2D eigenvalue weighted by molar-refractivity contribution is 0.625. The second-order valence-electron chi connectivity index (χ2n) is 4.83. The third-order valence-corrected chi connectivity index (χ3v) is 3.95. The third-order valence-electron chi connectivity index (χ3n) is 3.19. The summed E-state index contributed by atoms with van der Waals surface area (Å²) in [5.74, 6) is -0.316. The number of hydrogen-bond donors (Lipinski definition) is 2. The van der Waals surface area contributed by atoms with Gasteiger partial charge in [0.1, 0.15) is 0 Å². The van der Waals surface area contributed by atoms with Crippen LogP contribution >= 0.6 is 11.9 Å². The quantitative estimate of drug-likeness (QED) is 0.683. The number of anilines is 1. The third kappa shape index (κ3) is 3.71. The van der Waals surface area contributed by atoms with Crippen LogP contribution in [0.3, 0.4) is 0 Å². The van der Waals surface area contributed by atoms with E-state index in [0.29, 0.717) is 5.56 Å². The molecule has 3 rings (SSSR count). The van der Waals surface area contributed by atoms with E-state index in [4.69, 9.17) is 5.26 Å². The minimum Gasteiger partial charge on any atom is -0.360 e. The van der Waals surface area contributed by atoms with Crippen LogP contribution in [0.4, 0.5) is 10.2 Å². The number of aromatic amines is 1. The molecule has 2 heterocycles. The summed E-state index contributed by atoms with van der Waals surface area (Å²) in [6, 6.07) is 15.2. The fraction of sp³-hybridized carbons (Fsp3) is 0.0588. The molecule has 23 heavy (non-hydrogen) atoms. The number of hydrogen-bond acceptors (Lipinski definition) is 4. The van der Waals surface area contributed by atoms with Crippen molar-refractivity contribution in [2.24, 2.45) is 0 Å². The molecule has 0 aliphatic carbocycles. The number of nitriles is 1. The summed E-state index contributed by atoms with van der Waals surface area (Å²) >= 11 is 1.27. The fourth-order valence-electron chi connectivity index (χ4n) is 2.07. The first-order chi connectivity index (χ1) is 11.3. The van der Waals surface area contributed by atoms with Crippen molar-refractivity contribution in [3.05, 3.63) is 66.2 Å². The van der Waals surface area contributed by atoms with Gasteiger partial charge in [0.15, 0.2) is 11.6 Å². The van der Waals surface area contributed by atoms with E-state index >= 15 is 0 Å². The van der Waals surface area contributed by atoms with Gasteiger partial charge in [0.2, 0.25) is 0 Å². The number of H-pyrrole nitrogens is 1. The van der Waals surface area contributed by atoms with Gasteiger partial charge in [-0.2, -0.15) is 5.26 Å². The van der Waals surface area contributed by atoms with Gasteiger partial charge in [-0.15, -0.1) is 0 Å². The van der Waals surface area contributed by atoms with Crippen LogP contribution in [0, 0.1) is 17.1 Å². The Morgan fingerprint density at radius 3 is 2.83 bits per heavy atom. The Hall–Kier alpha value is -2.78. The summed E-state index contributed by atoms with van der Waals surface area (Å²) in [5, 5.41) is 8.60. The number of halogens is 1. The summed E-state index contributed by atoms with van der Waals surface area (Å²) in [4.78, 5) is 8.12. The monoisotopic (exact) mass is 324 g/mol. The summed E-state index contributed by atoms with van der Waals surface area (Å²) < 4.78 is 16.8. The fourth-order valence-corrected chi connectivity index (χ4v) is 2.72. The summed E-state index contributed by atoms with van der Waals surface area (Å²) in [7, 11) is 0. The van der Waals surface area contributed by atoms with Gasteiger partial charge in [-0.1, -0.05) is 30.3 Å². The summed E-state index contributed by atoms with van der Waals surface area (Å²) in [6.45, 7) is 0. The number of aromatic nitrogens is 2. The smallest absolute Gasteiger partial charge is 0.172 e. The maximum Gasteiger partial charge on any atom is 0.172 e. The van der Waals surface area contributed by atoms with E-state index in [0.717, 1.165) is 16.2 Å². The first-order valence-corrected chi connectivity index (χ1v) is 7.76. The maximum atomic E-state index is 13.9. The van der Waals surface area contributed by atoms with Crippen LogP contribution < -0.4 is 4.72 Å². The van der Waals surface area contributed by atoms with Gasteiger partial charge in [0.25, 0.3) is 0 Å². The van der Waals surface area contributed by atoms with Gasteiger partial charge >= 0.3 is 0 Å². The molecule has 0 fully saturated rings. The number of rotatable bonds is 5. The van der Waals surface area contributed by atoms with E-state index in [2.05, 4.69) is 14.7 Å². The molecule has 2 aromatic heterocycles. The lowest BCUT2D eigenvalue weighted by Gasteiger charge is -2.05. The number of pyridine rings is 1. The van der Waals surface area contributed by atoms with E-state index in [1.807, 2.05) is 48.7 Å². The molecular weight excluding hydrogens is 311 g/mol. The Kier molecular flexibility index (Phi) is 4.60. The largest absolute Gasteiger partial charge is 0.360 e. The predicted molar refractivity (Wildman–Crippen MR) is 89.2 cm³/mol. The maximum absolute atomic E-state index is 13.9. The van der Waals surface area contributed by atoms with Gasteiger partial charge in [0.05, 0.1) is 12.5 Å². The van der Waals surface area contributed by atoms with Gasteiger partial charge in [0, 0.05) is 23.0 Å². The van der Waals surface area contributed by atoms with Crippen LogP contribution in [0.1, 0.15) is 5.56 Å². The molecule has 0 saturated heterocycles. The van der Waals surface area contributed by atoms with Crippen molar-refractivity contribution in [2.75, 3.05) is 4.72 Å². The van der Waals surface area contributed by atoms with Crippen molar-refractivity contribution in [1.29, 1.82) is 5.26 Å². The van der Waals surface area contributed by atoms with Gasteiger partial charge in [-0.3, -0.25) is 0 Å². The highest BCUT2D eigenvalue weighted by Gasteiger charge is 2.07. The molecule has 0 unspecified atom stereocenters. The average molecular weight is 324 g/mol. The SMILES string of the molecule is N#CCc1cnc(NSc2c[nH]c(-c3ccccc3)c2)c(F)c1. The van der Waals surface area contributed by atoms with Crippen LogP contribution in [0.5, 0.6) is 0 Å². The lowest BCUT2D eigenvalue weighted by Crippen LogP contribution is -1.96. The molecule has 114 valence electrons. The second kappa shape index (κ2) is 6.99. The highest BCUT2D eigenvalue weighted by atomic mass is 32.2. The molecule has 0 radical (unpaired) electrons. The van der Waals surface area contributed by atoms with E-state index < -0.39 is 5.82 Å². The van der Waals surface area contributed by atoms with Crippen LogP contribution in [-0.4, -0.2) is 9.97 Å². The average Bonchev–Trinajstić information content (AvgIpc) is 3.04. The Balaban J connectivity index is 1.67. The van der Waals surface area contributed by atoms with E-state index in [9.17, 15) is 4.39 Å². The minimum absolute atomic E-state index is 0.148. The van der Waals surface area contributed by atoms with Gasteiger partial charge < -0.3 is 9.71 Å². The summed E-state index contributed by atoms with van der Waals surface area (Å²) in [5.41, 5.74) is 2.64. The van der Waals surface area contributed by atoms with E-state index in [-0.39, 0.29) is 12.2 Å². The topological polar surface area (TPSA) is 64.5 Å². The van der Waals surface area contributed by atoms with Crippen LogP contribution in [0.25, 0.3) is 11.3 Å². The Bertz CT molecular complexity index is 839. The molecule has 0 aliphatic rings. The highest BCUT2D eigenvalue weighted by Crippen LogP contribution is 2.26. The first-order valence-electron chi connectivity index (χ1n) is 6.94. The number of benzene rings is 1. The molecule has 0 saturated carbocycles. The van der Waals surface area contributed by atoms with Crippen LogP contribution in [0.2, 0.25) is 0 Å². The minimum atomic E-state index is -0.468. The summed E-state index contributed by atoms with van der Waals surface area (Å²) in [6.07, 6.45) is 3.50. The normalized spacial score (nSPS) is 10.3. The number of nitrogens with one attached hydrogen (secondary N) is 2. The van der Waals surface area contributed by atoms with Gasteiger partial charge in [-0.05, 0) is 35.2 Å². The molecule has 0 amide bonds. The first kappa shape index (κ1) is 15.1. The van der Waals surface area contributed by atoms with Crippen molar-refractivity contribution in [3.63, 3.8) is 0 Å². The molecule has 0 bridgehead atoms. The van der Waals surface area contributed by atoms with Crippen LogP contribution in [0.15, 0.2) is 59.8 Å². The Morgan fingerprint density at radius 2 is 2.09 bits per heavy atom. The van der Waals surface area contributed by atoms with Crippen LogP contribution in [-0.2, 0) is 6.42 Å². The second-order valence-corrected chi connectivity index (χ2v) is 5.71. The molecule has 0 aliphatic heterocycles. The molecule has 6 heteroatoms. The molecule has 0 spiro atoms. The molecule has 0 atom stereocenters. The highest BCUT2D eigenvalue weighted by molar-refractivity contribution is 8.00. The predicted octanol–water partition coefficient (Wildman–Crippen LogP) is 4.40. The zero-order valence-corrected chi connectivity index (χ0v) is 12.9. The molecule has 2 N–H and O–H groups in total. The Labute approximate surface area is 137 Å². The Morgan fingerprint density at radius 1 is 1.26 bits per heavy atom. The zero-order chi connectivity index (χ0) is 16.1. The van der Waals surface area contributed by atoms with E-state index in [1.54, 1.807) is 0 Å². The molecule has 3 aromatic rings. The van der Waals surface area contributed by atoms with Crippen molar-refractivity contribution in [2.45, 2.75) is 11.3 Å². The van der Waals surface area contributed by atoms with Gasteiger partial charge in [-0.25, -0.2) is 9.37 Å². The van der Waals surface area contributed by atoms with Crippen molar-refractivity contribution in [3.8, 4) is 17.3 Å². The zero-order valence-electron chi connectivity index (χ0n) is 12.1. The molecule has 4 nitrogen and oxygen atoms in total. The molecule has 1 aromatic carbocycles. The van der Waals surface area contributed by atoms with Crippen molar-refractivity contribution >= 4 is 17.8 Å². The van der Waals surface area contributed by atoms with Crippen molar-refractivity contribution < 1.29 is 4.39 Å². The standard InChI is InChI=1S/C17H13FN4S/c18-15-8-12(6-7-19)10-21-17(15)22-23-14-9-16(20-11-14)13-4-2-1-3-5-13/h1-5,8-11,20H,6H2,(H,21,22). The number of nitrogens with zero attached hydrogens (tertiary/aromatic N) is 2. The molecular formula is C17H13FN4S. The van der Waals surface area contributed by atoms with Crippen molar-refractivity contribution in [1.82, 2.24) is 9.97 Å². The van der Waals surface area contributed by atoms with E-state index in [1.165, 1.54) is 24.2 Å².